The number of halogens is 4. The van der Waals surface area contributed by atoms with E-state index in [-0.39, 0.29) is 41.4 Å². The minimum absolute atomic E-state index is 0.00842. The Balaban J connectivity index is 1.55. The van der Waals surface area contributed by atoms with Gasteiger partial charge in [-0.1, -0.05) is 17.7 Å². The summed E-state index contributed by atoms with van der Waals surface area (Å²) < 4.78 is 74.5. The zero-order valence-electron chi connectivity index (χ0n) is 20.1. The van der Waals surface area contributed by atoms with Crippen molar-refractivity contribution in [3.8, 4) is 34.1 Å². The first-order chi connectivity index (χ1) is 18.2. The molecule has 0 saturated carbocycles. The molecule has 198 valence electrons. The van der Waals surface area contributed by atoms with Crippen LogP contribution in [0.1, 0.15) is 16.9 Å². The number of fused-ring (bicyclic) bond motifs is 2. The molecular weight excluding hydrogens is 529 g/mol. The first-order valence-corrected chi connectivity index (χ1v) is 11.6. The minimum Gasteiger partial charge on any atom is -0.493 e. The molecule has 1 aromatic heterocycles. The topological polar surface area (TPSA) is 76.4 Å². The van der Waals surface area contributed by atoms with E-state index in [0.717, 1.165) is 5.56 Å². The number of benzene rings is 3. The summed E-state index contributed by atoms with van der Waals surface area (Å²) in [6, 6.07) is 11.5. The van der Waals surface area contributed by atoms with Gasteiger partial charge in [-0.15, -0.1) is 0 Å². The van der Waals surface area contributed by atoms with E-state index in [0.29, 0.717) is 28.7 Å². The minimum atomic E-state index is -4.95. The van der Waals surface area contributed by atoms with Gasteiger partial charge in [0.1, 0.15) is 23.7 Å². The number of rotatable bonds is 6. The molecule has 0 radical (unpaired) electrons. The summed E-state index contributed by atoms with van der Waals surface area (Å²) in [5.74, 6) is -0.201. The summed E-state index contributed by atoms with van der Waals surface area (Å²) in [7, 11) is 2.74. The highest BCUT2D eigenvalue weighted by atomic mass is 35.5. The molecular formula is C27H20ClF3O7. The fourth-order valence-corrected chi connectivity index (χ4v) is 4.51. The van der Waals surface area contributed by atoms with E-state index in [1.807, 2.05) is 0 Å². The van der Waals surface area contributed by atoms with Crippen LogP contribution in [0.3, 0.4) is 0 Å². The van der Waals surface area contributed by atoms with Crippen LogP contribution in [0.25, 0.3) is 22.1 Å². The summed E-state index contributed by atoms with van der Waals surface area (Å²) in [4.78, 5) is 13.3. The number of hydrogen-bond donors (Lipinski definition) is 0. The van der Waals surface area contributed by atoms with E-state index < -0.39 is 22.9 Å². The highest BCUT2D eigenvalue weighted by Gasteiger charge is 2.39. The Morgan fingerprint density at radius 2 is 1.79 bits per heavy atom. The van der Waals surface area contributed by atoms with Gasteiger partial charge in [0.2, 0.25) is 11.2 Å². The Hall–Kier alpha value is -3.89. The molecule has 0 aliphatic carbocycles. The number of hydrogen-bond acceptors (Lipinski definition) is 7. The van der Waals surface area contributed by atoms with Gasteiger partial charge in [-0.2, -0.15) is 13.2 Å². The van der Waals surface area contributed by atoms with E-state index in [2.05, 4.69) is 0 Å². The van der Waals surface area contributed by atoms with Crippen molar-refractivity contribution in [2.45, 2.75) is 19.4 Å². The zero-order chi connectivity index (χ0) is 27.0. The molecule has 0 atom stereocenters. The molecule has 4 aromatic rings. The average molecular weight is 549 g/mol. The van der Waals surface area contributed by atoms with Crippen molar-refractivity contribution in [1.29, 1.82) is 0 Å². The molecule has 0 saturated heterocycles. The van der Waals surface area contributed by atoms with Crippen LogP contribution < -0.4 is 24.4 Å². The number of methoxy groups -OCH3 is 2. The fourth-order valence-electron chi connectivity index (χ4n) is 4.24. The second kappa shape index (κ2) is 10.1. The second-order valence-corrected chi connectivity index (χ2v) is 8.75. The van der Waals surface area contributed by atoms with E-state index in [1.165, 1.54) is 50.6 Å². The quantitative estimate of drug-likeness (QED) is 0.269. The Morgan fingerprint density at radius 3 is 2.53 bits per heavy atom. The second-order valence-electron chi connectivity index (χ2n) is 8.31. The van der Waals surface area contributed by atoms with Crippen LogP contribution in [0.5, 0.6) is 23.0 Å². The summed E-state index contributed by atoms with van der Waals surface area (Å²) in [5.41, 5.74) is -0.400. The van der Waals surface area contributed by atoms with Gasteiger partial charge >= 0.3 is 6.18 Å². The first kappa shape index (κ1) is 25.7. The van der Waals surface area contributed by atoms with Crippen molar-refractivity contribution < 1.29 is 41.3 Å². The highest BCUT2D eigenvalue weighted by Crippen LogP contribution is 2.40. The predicted molar refractivity (Wildman–Crippen MR) is 132 cm³/mol. The molecule has 5 rings (SSSR count). The summed E-state index contributed by atoms with van der Waals surface area (Å²) in [5, 5.41) is 0.411. The lowest BCUT2D eigenvalue weighted by molar-refractivity contribution is -0.152. The Bertz CT molecular complexity index is 1580. The van der Waals surface area contributed by atoms with Crippen LogP contribution in [0.4, 0.5) is 13.2 Å². The third-order valence-electron chi connectivity index (χ3n) is 5.94. The van der Waals surface area contributed by atoms with E-state index in [9.17, 15) is 18.0 Å². The SMILES string of the molecule is COc1ccc(-c2c(C(F)(F)F)oc3cc(OCc4cc(Cl)cc5c4OCOC5)ccc3c2=O)cc1OC. The van der Waals surface area contributed by atoms with Gasteiger partial charge in [0.25, 0.3) is 0 Å². The standard InChI is InChI=1S/C27H20ClF3O7/c1-33-20-6-3-14(9-22(20)34-2)23-24(32)19-5-4-18(10-21(19)38-26(23)27(29,30)31)36-12-16-8-17(28)7-15-11-35-13-37-25(15)16/h3-10H,11-13H2,1-2H3. The van der Waals surface area contributed by atoms with Crippen molar-refractivity contribution in [1.82, 2.24) is 0 Å². The number of ether oxygens (including phenoxy) is 5. The molecule has 7 nitrogen and oxygen atoms in total. The molecule has 3 aromatic carbocycles. The molecule has 1 aliphatic rings. The molecule has 11 heteroatoms. The van der Waals surface area contributed by atoms with Gasteiger partial charge in [-0.25, -0.2) is 0 Å². The highest BCUT2D eigenvalue weighted by molar-refractivity contribution is 6.30. The van der Waals surface area contributed by atoms with Crippen molar-refractivity contribution in [3.05, 3.63) is 80.7 Å². The molecule has 0 unspecified atom stereocenters. The summed E-state index contributed by atoms with van der Waals surface area (Å²) >= 11 is 6.18. The molecule has 0 bridgehead atoms. The zero-order valence-corrected chi connectivity index (χ0v) is 20.9. The van der Waals surface area contributed by atoms with Gasteiger partial charge in [-0.3, -0.25) is 4.79 Å². The van der Waals surface area contributed by atoms with Crippen LogP contribution in [0.15, 0.2) is 57.7 Å². The smallest absolute Gasteiger partial charge is 0.450 e. The fraction of sp³-hybridized carbons (Fsp3) is 0.222. The number of alkyl halides is 3. The maximum absolute atomic E-state index is 14.1. The van der Waals surface area contributed by atoms with Gasteiger partial charge < -0.3 is 28.1 Å². The van der Waals surface area contributed by atoms with Gasteiger partial charge in [-0.05, 0) is 42.0 Å². The van der Waals surface area contributed by atoms with E-state index >= 15 is 0 Å². The largest absolute Gasteiger partial charge is 0.493 e. The normalized spacial score (nSPS) is 13.1. The van der Waals surface area contributed by atoms with Gasteiger partial charge in [0.15, 0.2) is 18.3 Å². The van der Waals surface area contributed by atoms with Crippen LogP contribution >= 0.6 is 11.6 Å². The monoisotopic (exact) mass is 548 g/mol. The predicted octanol–water partition coefficient (Wildman–Crippen LogP) is 6.59. The van der Waals surface area contributed by atoms with Crippen molar-refractivity contribution in [2.24, 2.45) is 0 Å². The van der Waals surface area contributed by atoms with Crippen LogP contribution in [0.2, 0.25) is 5.02 Å². The van der Waals surface area contributed by atoms with E-state index in [1.54, 1.807) is 12.1 Å². The molecule has 0 amide bonds. The third-order valence-corrected chi connectivity index (χ3v) is 6.16. The molecule has 0 N–H and O–H groups in total. The maximum atomic E-state index is 14.1. The first-order valence-electron chi connectivity index (χ1n) is 11.2. The Morgan fingerprint density at radius 1 is 1.00 bits per heavy atom. The lowest BCUT2D eigenvalue weighted by Crippen LogP contribution is -2.16. The van der Waals surface area contributed by atoms with Gasteiger partial charge in [0, 0.05) is 22.2 Å². The van der Waals surface area contributed by atoms with Crippen LogP contribution in [-0.4, -0.2) is 21.0 Å². The van der Waals surface area contributed by atoms with Crippen molar-refractivity contribution in [3.63, 3.8) is 0 Å². The van der Waals surface area contributed by atoms with Crippen LogP contribution in [0, 0.1) is 0 Å². The van der Waals surface area contributed by atoms with Crippen molar-refractivity contribution >= 4 is 22.6 Å². The lowest BCUT2D eigenvalue weighted by atomic mass is 10.0. The lowest BCUT2D eigenvalue weighted by Gasteiger charge is -2.21. The Kier molecular flexibility index (Phi) is 6.85. The van der Waals surface area contributed by atoms with E-state index in [4.69, 9.17) is 39.7 Å². The third kappa shape index (κ3) is 4.84. The van der Waals surface area contributed by atoms with Gasteiger partial charge in [0.05, 0.1) is 31.8 Å². The molecule has 38 heavy (non-hydrogen) atoms. The molecule has 0 fully saturated rings. The molecule has 2 heterocycles. The summed E-state index contributed by atoms with van der Waals surface area (Å²) in [6.07, 6.45) is -4.95. The maximum Gasteiger partial charge on any atom is 0.450 e. The average Bonchev–Trinajstić information content (AvgIpc) is 2.90. The molecule has 1 aliphatic heterocycles. The Labute approximate surface area is 219 Å². The molecule has 0 spiro atoms. The van der Waals surface area contributed by atoms with Crippen LogP contribution in [-0.2, 0) is 24.1 Å². The summed E-state index contributed by atoms with van der Waals surface area (Å²) in [6.45, 7) is 0.409. The van der Waals surface area contributed by atoms with Crippen molar-refractivity contribution in [2.75, 3.05) is 21.0 Å².